The Labute approximate surface area is 456 Å². The number of anilines is 2. The first-order valence-electron chi connectivity index (χ1n) is 24.2. The van der Waals surface area contributed by atoms with E-state index in [1.54, 1.807) is 53.3 Å². The Bertz CT molecular complexity index is 2660. The highest BCUT2D eigenvalue weighted by molar-refractivity contribution is 7.80. The molecule has 2 aliphatic heterocycles. The molecular weight excluding hydrogens is 1050 g/mol. The molecule has 0 bridgehead atoms. The molecule has 76 heavy (non-hydrogen) atoms. The van der Waals surface area contributed by atoms with Crippen LogP contribution in [0, 0.1) is 0 Å². The van der Waals surface area contributed by atoms with E-state index in [2.05, 4.69) is 31.7 Å². The zero-order valence-electron chi connectivity index (χ0n) is 44.5. The number of carbonyl (C=O) groups excluding carboxylic acids is 8. The van der Waals surface area contributed by atoms with E-state index in [-0.39, 0.29) is 71.1 Å². The molecule has 2 amide bonds. The number of benzene rings is 2. The average Bonchev–Trinajstić information content (AvgIpc) is 3.81. The number of aromatic hydroxyl groups is 1. The van der Waals surface area contributed by atoms with Crippen LogP contribution in [0.25, 0.3) is 21.5 Å². The fraction of sp³-hybridized carbons (Fsp3) is 0.500. The molecule has 6 rings (SSSR count). The fourth-order valence-corrected chi connectivity index (χ4v) is 7.87. The molecule has 0 spiro atoms. The molecule has 3 N–H and O–H groups in total. The van der Waals surface area contributed by atoms with Crippen LogP contribution < -0.4 is 21.2 Å². The monoisotopic (exact) mass is 1120 g/mol. The Morgan fingerprint density at radius 3 is 1.75 bits per heavy atom. The normalized spacial score (nSPS) is 13.0. The molecule has 21 nitrogen and oxygen atoms in total. The highest BCUT2D eigenvalue weighted by Crippen LogP contribution is 2.29. The minimum Gasteiger partial charge on any atom is -0.507 e. The number of carbonyl (C=O) groups is 6. The third-order valence-corrected chi connectivity index (χ3v) is 11.5. The van der Waals surface area contributed by atoms with Gasteiger partial charge in [0.05, 0.1) is 53.7 Å². The summed E-state index contributed by atoms with van der Waals surface area (Å²) in [5.41, 5.74) is 6.98. The average molecular weight is 1120 g/mol. The molecule has 4 heterocycles. The van der Waals surface area contributed by atoms with Gasteiger partial charge < -0.3 is 53.8 Å². The molecule has 0 atom stereocenters. The number of rotatable bonds is 13. The number of piperazine rings is 2. The second-order valence-corrected chi connectivity index (χ2v) is 20.2. The van der Waals surface area contributed by atoms with Crippen molar-refractivity contribution in [2.45, 2.75) is 99.2 Å². The summed E-state index contributed by atoms with van der Waals surface area (Å²) in [5.74, 6) is -0.418. The highest BCUT2D eigenvalue weighted by atomic mass is 35.5. The van der Waals surface area contributed by atoms with Gasteiger partial charge in [0.1, 0.15) is 33.3 Å². The van der Waals surface area contributed by atoms with Gasteiger partial charge >= 0.3 is 35.9 Å². The van der Waals surface area contributed by atoms with Crippen LogP contribution in [0.4, 0.5) is 21.0 Å². The number of Topliss-reactive ketones (excluding diaryl/α,β-unsaturated/α-hetero) is 1. The van der Waals surface area contributed by atoms with E-state index >= 15 is 0 Å². The van der Waals surface area contributed by atoms with Crippen molar-refractivity contribution in [1.82, 2.24) is 14.8 Å². The molecule has 2 fully saturated rings. The van der Waals surface area contributed by atoms with Gasteiger partial charge in [-0.1, -0.05) is 19.1 Å². The number of hydrogen-bond donors (Lipinski definition) is 2. The Kier molecular flexibility index (Phi) is 27.9. The van der Waals surface area contributed by atoms with Crippen LogP contribution in [-0.2, 0) is 49.3 Å². The molecular formula is C52H69ClN6O15S2. The lowest BCUT2D eigenvalue weighted by molar-refractivity contribution is -0.191. The van der Waals surface area contributed by atoms with E-state index in [4.69, 9.17) is 45.6 Å². The Balaban J connectivity index is 0.000000407. The van der Waals surface area contributed by atoms with E-state index in [1.807, 2.05) is 66.7 Å². The maximum atomic E-state index is 12.7. The third kappa shape index (κ3) is 23.7. The van der Waals surface area contributed by atoms with E-state index < -0.39 is 16.8 Å². The molecule has 0 radical (unpaired) electrons. The predicted molar refractivity (Wildman–Crippen MR) is 291 cm³/mol. The van der Waals surface area contributed by atoms with Crippen molar-refractivity contribution in [2.75, 3.05) is 81.3 Å². The smallest absolute Gasteiger partial charge is 0.410 e. The van der Waals surface area contributed by atoms with Crippen LogP contribution in [0.3, 0.4) is 0 Å². The third-order valence-electron chi connectivity index (χ3n) is 10.2. The zero-order valence-corrected chi connectivity index (χ0v) is 46.9. The molecule has 2 aliphatic rings. The predicted octanol–water partition coefficient (Wildman–Crippen LogP) is 7.58. The molecule has 4 aromatic rings. The van der Waals surface area contributed by atoms with Crippen LogP contribution in [0.2, 0.25) is 0 Å². The number of phenols is 1. The van der Waals surface area contributed by atoms with Crippen molar-refractivity contribution in [3.8, 4) is 16.3 Å². The maximum Gasteiger partial charge on any atom is 0.410 e. The number of thiazole rings is 1. The van der Waals surface area contributed by atoms with Gasteiger partial charge in [0.25, 0.3) is 0 Å². The number of nitrogens with zero attached hydrogens (tertiary/aromatic N) is 5. The summed E-state index contributed by atoms with van der Waals surface area (Å²) in [6.07, 6.45) is 1.92. The van der Waals surface area contributed by atoms with Gasteiger partial charge in [-0.2, -0.15) is 9.59 Å². The fourth-order valence-electron chi connectivity index (χ4n) is 6.79. The lowest BCUT2D eigenvalue weighted by Crippen LogP contribution is -2.50. The number of nitrogens with two attached hydrogens (primary N) is 1. The molecule has 0 aliphatic carbocycles. The Morgan fingerprint density at radius 1 is 0.816 bits per heavy atom. The van der Waals surface area contributed by atoms with Gasteiger partial charge in [-0.25, -0.2) is 19.4 Å². The van der Waals surface area contributed by atoms with E-state index in [9.17, 15) is 38.7 Å². The first-order valence-corrected chi connectivity index (χ1v) is 26.1. The van der Waals surface area contributed by atoms with Gasteiger partial charge in [0.2, 0.25) is 0 Å². The summed E-state index contributed by atoms with van der Waals surface area (Å²) < 4.78 is 25.9. The number of fused-ring (bicyclic) bond motifs is 1. The van der Waals surface area contributed by atoms with Crippen LogP contribution in [0.1, 0.15) is 97.6 Å². The van der Waals surface area contributed by atoms with Crippen LogP contribution in [0.15, 0.2) is 57.1 Å². The van der Waals surface area contributed by atoms with Gasteiger partial charge in [0, 0.05) is 93.1 Å². The number of aromatic nitrogens is 1. The van der Waals surface area contributed by atoms with Crippen molar-refractivity contribution in [2.24, 2.45) is 5.73 Å². The van der Waals surface area contributed by atoms with Crippen molar-refractivity contribution < 1.29 is 66.8 Å². The number of hydrogen-bond acceptors (Lipinski definition) is 20. The first kappa shape index (κ1) is 65.2. The molecule has 0 saturated carbocycles. The van der Waals surface area contributed by atoms with Crippen LogP contribution >= 0.6 is 35.2 Å². The molecule has 416 valence electrons. The van der Waals surface area contributed by atoms with Crippen molar-refractivity contribution in [3.05, 3.63) is 69.5 Å². The summed E-state index contributed by atoms with van der Waals surface area (Å²) in [5, 5.41) is 12.8. The van der Waals surface area contributed by atoms with Gasteiger partial charge in [-0.15, -0.1) is 22.9 Å². The van der Waals surface area contributed by atoms with E-state index in [0.717, 1.165) is 23.2 Å². The Hall–Kier alpha value is -6.94. The molecule has 2 saturated heterocycles. The number of halogens is 1. The van der Waals surface area contributed by atoms with Crippen LogP contribution in [-0.4, -0.2) is 150 Å². The van der Waals surface area contributed by atoms with Gasteiger partial charge in [0.15, 0.2) is 6.29 Å². The highest BCUT2D eigenvalue weighted by Gasteiger charge is 2.28. The molecule has 2 aromatic heterocycles. The number of esters is 2. The minimum atomic E-state index is -0.524. The largest absolute Gasteiger partial charge is 0.507 e. The summed E-state index contributed by atoms with van der Waals surface area (Å²) in [6, 6.07) is 12.5. The maximum absolute atomic E-state index is 12.7. The lowest BCUT2D eigenvalue weighted by Gasteiger charge is -2.36. The topological polar surface area (TPSA) is 276 Å². The van der Waals surface area contributed by atoms with Gasteiger partial charge in [-0.05, 0) is 92.1 Å². The Morgan fingerprint density at radius 2 is 1.32 bits per heavy atom. The van der Waals surface area contributed by atoms with Crippen molar-refractivity contribution in [3.63, 3.8) is 0 Å². The number of phenolic OH excluding ortho intramolecular Hbond substituents is 1. The van der Waals surface area contributed by atoms with Crippen molar-refractivity contribution >= 4 is 105 Å². The number of ketones is 1. The number of ether oxygens (including phenoxy) is 4. The quantitative estimate of drug-likeness (QED) is 0.0326. The standard InChI is InChI=1S/C25H29N3O6S.C16H22N2O4.C5H9ClO.C5H9NO2S.CO2/c1-5-32-21(29)13-17-15-35-22(26-17)19-12-16-6-7-18(14-20(16)33-23(19)30)27-8-10-28(11-9-27)24(31)34-25(2,3)4;1-16(2,3)22-15(21)18-8-6-17(7-9-18)13-5-4-12(11-19)14(20)10-13;1-2-3-5(7)4-6;1-2-8-5(7)3-4(6)9;2-1-3/h6-7,12,14-15H,5,8-11,13H2,1-4H3;4-5,10-11,20H,6-9H2,1-3H3;2-4H2,1H3;2-3H2,1H3,(H2,6,9);. The number of alkyl halides is 1. The van der Waals surface area contributed by atoms with Crippen molar-refractivity contribution in [1.29, 1.82) is 0 Å². The summed E-state index contributed by atoms with van der Waals surface area (Å²) in [7, 11) is 0. The second kappa shape index (κ2) is 32.5. The number of thiocarbonyl (C=S) groups is 1. The SMILES string of the molecule is CC(C)(C)OC(=O)N1CCN(c2ccc(C=O)c(O)c2)CC1.CCCC(=O)CCl.CCOC(=O)CC(N)=S.CCOC(=O)Cc1csc(-c2cc3ccc(N4CCN(C(=O)OC(C)(C)C)CC4)cc3oc2=O)n1.O=C=O. The number of aldehydes is 1. The zero-order chi connectivity index (χ0) is 57.2. The van der Waals surface area contributed by atoms with E-state index in [1.165, 1.54) is 11.3 Å². The molecule has 0 unspecified atom stereocenters. The molecule has 2 aromatic carbocycles. The van der Waals surface area contributed by atoms with Crippen LogP contribution in [0.5, 0.6) is 5.75 Å². The summed E-state index contributed by atoms with van der Waals surface area (Å²) in [6.45, 7) is 22.1. The number of amides is 2. The second-order valence-electron chi connectivity index (χ2n) is 18.5. The minimum absolute atomic E-state index is 0.0259. The lowest BCUT2D eigenvalue weighted by atomic mass is 10.1. The summed E-state index contributed by atoms with van der Waals surface area (Å²) in [4.78, 5) is 109. The van der Waals surface area contributed by atoms with E-state index in [0.29, 0.717) is 100 Å². The molecule has 24 heteroatoms. The summed E-state index contributed by atoms with van der Waals surface area (Å²) >= 11 is 10.9. The van der Waals surface area contributed by atoms with Gasteiger partial charge in [-0.3, -0.25) is 19.2 Å². The first-order chi connectivity index (χ1) is 35.8.